The Morgan fingerprint density at radius 1 is 1.04 bits per heavy atom. The largest absolute Gasteiger partial charge is 0.493 e. The van der Waals surface area contributed by atoms with Crippen LogP contribution in [-0.2, 0) is 11.3 Å². The highest BCUT2D eigenvalue weighted by Gasteiger charge is 2.18. The van der Waals surface area contributed by atoms with Crippen molar-refractivity contribution >= 4 is 5.91 Å². The second-order valence-electron chi connectivity index (χ2n) is 5.23. The molecule has 0 unspecified atom stereocenters. The summed E-state index contributed by atoms with van der Waals surface area (Å²) in [5, 5.41) is 2.90. The summed E-state index contributed by atoms with van der Waals surface area (Å²) in [6.07, 6.45) is 0.0691. The molecule has 0 bridgehead atoms. The molecular formula is C19H23NO4. The number of carbonyl (C=O) groups is 1. The van der Waals surface area contributed by atoms with Gasteiger partial charge in [-0.3, -0.25) is 4.79 Å². The van der Waals surface area contributed by atoms with E-state index in [-0.39, 0.29) is 5.91 Å². The lowest BCUT2D eigenvalue weighted by atomic mass is 10.2. The number of hydrogen-bond acceptors (Lipinski definition) is 4. The van der Waals surface area contributed by atoms with Crippen LogP contribution in [0.2, 0.25) is 0 Å². The maximum Gasteiger partial charge on any atom is 0.261 e. The van der Waals surface area contributed by atoms with Crippen LogP contribution in [0.1, 0.15) is 18.9 Å². The van der Waals surface area contributed by atoms with Crippen LogP contribution in [-0.4, -0.2) is 26.2 Å². The quantitative estimate of drug-likeness (QED) is 0.808. The van der Waals surface area contributed by atoms with Crippen molar-refractivity contribution in [2.24, 2.45) is 0 Å². The van der Waals surface area contributed by atoms with E-state index in [1.165, 1.54) is 0 Å². The molecule has 0 fully saturated rings. The van der Waals surface area contributed by atoms with Crippen molar-refractivity contribution in [3.63, 3.8) is 0 Å². The molecule has 0 aliphatic heterocycles. The Kier molecular flexibility index (Phi) is 6.49. The monoisotopic (exact) mass is 329 g/mol. The smallest absolute Gasteiger partial charge is 0.261 e. The number of amides is 1. The van der Waals surface area contributed by atoms with Crippen LogP contribution < -0.4 is 19.5 Å². The SMILES string of the molecule is CC[C@@H](Oc1ccccc1)C(=O)NCc1ccc(OC)c(OC)c1. The number of carbonyl (C=O) groups excluding carboxylic acids is 1. The van der Waals surface area contributed by atoms with E-state index in [4.69, 9.17) is 14.2 Å². The lowest BCUT2D eigenvalue weighted by Gasteiger charge is -2.17. The molecule has 2 aromatic rings. The summed E-state index contributed by atoms with van der Waals surface area (Å²) in [5.74, 6) is 1.84. The van der Waals surface area contributed by atoms with E-state index in [0.717, 1.165) is 5.56 Å². The van der Waals surface area contributed by atoms with E-state index in [0.29, 0.717) is 30.2 Å². The normalized spacial score (nSPS) is 11.5. The van der Waals surface area contributed by atoms with Crippen molar-refractivity contribution in [3.8, 4) is 17.2 Å². The van der Waals surface area contributed by atoms with Crippen molar-refractivity contribution in [1.82, 2.24) is 5.32 Å². The molecular weight excluding hydrogens is 306 g/mol. The Morgan fingerprint density at radius 2 is 1.75 bits per heavy atom. The maximum absolute atomic E-state index is 12.3. The summed E-state index contributed by atoms with van der Waals surface area (Å²) in [6, 6.07) is 14.9. The van der Waals surface area contributed by atoms with Gasteiger partial charge in [0.2, 0.25) is 0 Å². The van der Waals surface area contributed by atoms with Crippen molar-refractivity contribution in [2.75, 3.05) is 14.2 Å². The maximum atomic E-state index is 12.3. The molecule has 0 aliphatic rings. The highest BCUT2D eigenvalue weighted by atomic mass is 16.5. The van der Waals surface area contributed by atoms with E-state index in [9.17, 15) is 4.79 Å². The lowest BCUT2D eigenvalue weighted by molar-refractivity contribution is -0.128. The third-order valence-corrected chi connectivity index (χ3v) is 3.60. The number of ether oxygens (including phenoxy) is 3. The highest BCUT2D eigenvalue weighted by molar-refractivity contribution is 5.81. The zero-order chi connectivity index (χ0) is 17.4. The molecule has 0 saturated carbocycles. The summed E-state index contributed by atoms with van der Waals surface area (Å²) in [7, 11) is 3.17. The second kappa shape index (κ2) is 8.82. The van der Waals surface area contributed by atoms with E-state index in [1.54, 1.807) is 14.2 Å². The Labute approximate surface area is 142 Å². The molecule has 5 heteroatoms. The lowest BCUT2D eigenvalue weighted by Crippen LogP contribution is -2.37. The minimum absolute atomic E-state index is 0.142. The molecule has 5 nitrogen and oxygen atoms in total. The fourth-order valence-electron chi connectivity index (χ4n) is 2.28. The Balaban J connectivity index is 1.96. The van der Waals surface area contributed by atoms with Crippen molar-refractivity contribution < 1.29 is 19.0 Å². The summed E-state index contributed by atoms with van der Waals surface area (Å²) >= 11 is 0. The first kappa shape index (κ1) is 17.7. The van der Waals surface area contributed by atoms with Gasteiger partial charge < -0.3 is 19.5 Å². The fourth-order valence-corrected chi connectivity index (χ4v) is 2.28. The standard InChI is InChI=1S/C19H23NO4/c1-4-16(24-15-8-6-5-7-9-15)19(21)20-13-14-10-11-17(22-2)18(12-14)23-3/h5-12,16H,4,13H2,1-3H3,(H,20,21)/t16-/m1/s1. The molecule has 2 aromatic carbocycles. The molecule has 0 heterocycles. The molecule has 0 spiro atoms. The van der Waals surface area contributed by atoms with Gasteiger partial charge in [0.1, 0.15) is 5.75 Å². The van der Waals surface area contributed by atoms with Gasteiger partial charge in [0.15, 0.2) is 17.6 Å². The summed E-state index contributed by atoms with van der Waals surface area (Å²) in [6.45, 7) is 2.32. The van der Waals surface area contributed by atoms with Crippen molar-refractivity contribution in [2.45, 2.75) is 26.0 Å². The summed E-state index contributed by atoms with van der Waals surface area (Å²) in [4.78, 5) is 12.3. The Bertz CT molecular complexity index is 658. The molecule has 0 aromatic heterocycles. The molecule has 24 heavy (non-hydrogen) atoms. The van der Waals surface area contributed by atoms with Crippen LogP contribution in [0.5, 0.6) is 17.2 Å². The van der Waals surface area contributed by atoms with Crippen LogP contribution in [0.25, 0.3) is 0 Å². The molecule has 1 atom stereocenters. The van der Waals surface area contributed by atoms with Gasteiger partial charge in [0.25, 0.3) is 5.91 Å². The van der Waals surface area contributed by atoms with E-state index < -0.39 is 6.10 Å². The van der Waals surface area contributed by atoms with Crippen molar-refractivity contribution in [1.29, 1.82) is 0 Å². The van der Waals surface area contributed by atoms with Gasteiger partial charge in [0, 0.05) is 6.54 Å². The van der Waals surface area contributed by atoms with Gasteiger partial charge in [-0.25, -0.2) is 0 Å². The average Bonchev–Trinajstić information content (AvgIpc) is 2.64. The predicted octanol–water partition coefficient (Wildman–Crippen LogP) is 3.18. The predicted molar refractivity (Wildman–Crippen MR) is 92.5 cm³/mol. The van der Waals surface area contributed by atoms with E-state index in [2.05, 4.69) is 5.32 Å². The minimum atomic E-state index is -0.521. The third-order valence-electron chi connectivity index (χ3n) is 3.60. The minimum Gasteiger partial charge on any atom is -0.493 e. The molecule has 1 N–H and O–H groups in total. The molecule has 0 saturated heterocycles. The van der Waals surface area contributed by atoms with Gasteiger partial charge in [-0.05, 0) is 36.2 Å². The zero-order valence-electron chi connectivity index (χ0n) is 14.2. The third kappa shape index (κ3) is 4.65. The summed E-state index contributed by atoms with van der Waals surface area (Å²) in [5.41, 5.74) is 0.926. The number of nitrogens with one attached hydrogen (secondary N) is 1. The number of para-hydroxylation sites is 1. The Hall–Kier alpha value is -2.69. The van der Waals surface area contributed by atoms with Crippen LogP contribution >= 0.6 is 0 Å². The number of methoxy groups -OCH3 is 2. The zero-order valence-corrected chi connectivity index (χ0v) is 14.2. The van der Waals surface area contributed by atoms with Crippen LogP contribution in [0.3, 0.4) is 0 Å². The van der Waals surface area contributed by atoms with Crippen LogP contribution in [0.15, 0.2) is 48.5 Å². The van der Waals surface area contributed by atoms with Gasteiger partial charge >= 0.3 is 0 Å². The summed E-state index contributed by atoms with van der Waals surface area (Å²) < 4.78 is 16.2. The van der Waals surface area contributed by atoms with Gasteiger partial charge in [-0.1, -0.05) is 31.2 Å². The second-order valence-corrected chi connectivity index (χ2v) is 5.23. The van der Waals surface area contributed by atoms with Crippen LogP contribution in [0, 0.1) is 0 Å². The van der Waals surface area contributed by atoms with Gasteiger partial charge in [-0.2, -0.15) is 0 Å². The molecule has 0 radical (unpaired) electrons. The van der Waals surface area contributed by atoms with E-state index >= 15 is 0 Å². The van der Waals surface area contributed by atoms with Crippen LogP contribution in [0.4, 0.5) is 0 Å². The molecule has 1 amide bonds. The number of rotatable bonds is 8. The molecule has 2 rings (SSSR count). The van der Waals surface area contributed by atoms with Gasteiger partial charge in [0.05, 0.1) is 14.2 Å². The molecule has 0 aliphatic carbocycles. The number of benzene rings is 2. The number of hydrogen-bond donors (Lipinski definition) is 1. The Morgan fingerprint density at radius 3 is 2.38 bits per heavy atom. The fraction of sp³-hybridized carbons (Fsp3) is 0.316. The average molecular weight is 329 g/mol. The van der Waals surface area contributed by atoms with Crippen molar-refractivity contribution in [3.05, 3.63) is 54.1 Å². The van der Waals surface area contributed by atoms with Gasteiger partial charge in [-0.15, -0.1) is 0 Å². The first-order chi connectivity index (χ1) is 11.7. The topological polar surface area (TPSA) is 56.8 Å². The highest BCUT2D eigenvalue weighted by Crippen LogP contribution is 2.27. The van der Waals surface area contributed by atoms with E-state index in [1.807, 2.05) is 55.5 Å². The first-order valence-corrected chi connectivity index (χ1v) is 7.88. The first-order valence-electron chi connectivity index (χ1n) is 7.88. The molecule has 128 valence electrons.